The SMILES string of the molecule is CCOc1ccnc2ccc(C=C3SC(=NCc4cnc(C)cn4)NC3=O)cc12. The van der Waals surface area contributed by atoms with E-state index >= 15 is 0 Å². The van der Waals surface area contributed by atoms with Gasteiger partial charge in [-0.25, -0.2) is 0 Å². The van der Waals surface area contributed by atoms with Crippen LogP contribution in [0.1, 0.15) is 23.9 Å². The molecule has 0 radical (unpaired) electrons. The van der Waals surface area contributed by atoms with Gasteiger partial charge in [0.25, 0.3) is 5.91 Å². The highest BCUT2D eigenvalue weighted by atomic mass is 32.2. The summed E-state index contributed by atoms with van der Waals surface area (Å²) in [5.41, 5.74) is 3.35. The Bertz CT molecular complexity index is 1130. The molecule has 1 saturated heterocycles. The maximum atomic E-state index is 12.3. The first-order valence-corrected chi connectivity index (χ1v) is 9.98. The number of aliphatic imine (C=N–C) groups is 1. The van der Waals surface area contributed by atoms with E-state index in [2.05, 4.69) is 25.3 Å². The van der Waals surface area contributed by atoms with E-state index in [0.717, 1.165) is 33.6 Å². The standard InChI is InChI=1S/C21H19N5O2S/c1-3-28-18-6-7-22-17-5-4-14(8-16(17)18)9-19-20(27)26-21(29-19)25-12-15-11-23-13(2)10-24-15/h4-11H,3,12H2,1-2H3,(H,25,26,27). The van der Waals surface area contributed by atoms with Crippen LogP contribution in [0.5, 0.6) is 5.75 Å². The third-order valence-corrected chi connectivity index (χ3v) is 5.14. The van der Waals surface area contributed by atoms with Crippen LogP contribution in [0.15, 0.2) is 52.8 Å². The molecule has 0 saturated carbocycles. The second-order valence-corrected chi connectivity index (χ2v) is 7.38. The minimum atomic E-state index is -0.167. The molecule has 1 aromatic carbocycles. The number of aromatic nitrogens is 3. The van der Waals surface area contributed by atoms with Gasteiger partial charge < -0.3 is 10.1 Å². The van der Waals surface area contributed by atoms with Gasteiger partial charge in [-0.3, -0.25) is 24.7 Å². The Morgan fingerprint density at radius 2 is 2.10 bits per heavy atom. The monoisotopic (exact) mass is 405 g/mol. The highest BCUT2D eigenvalue weighted by Gasteiger charge is 2.23. The molecule has 1 amide bonds. The average molecular weight is 405 g/mol. The fraction of sp³-hybridized carbons (Fsp3) is 0.190. The number of carbonyl (C=O) groups excluding carboxylic acids is 1. The lowest BCUT2D eigenvalue weighted by atomic mass is 10.1. The number of amides is 1. The zero-order valence-electron chi connectivity index (χ0n) is 16.0. The maximum Gasteiger partial charge on any atom is 0.264 e. The fourth-order valence-corrected chi connectivity index (χ4v) is 3.64. The zero-order chi connectivity index (χ0) is 20.2. The summed E-state index contributed by atoms with van der Waals surface area (Å²) in [6, 6.07) is 7.68. The quantitative estimate of drug-likeness (QED) is 0.654. The molecule has 1 aliphatic heterocycles. The number of hydrogen-bond donors (Lipinski definition) is 1. The number of amidine groups is 1. The Labute approximate surface area is 172 Å². The summed E-state index contributed by atoms with van der Waals surface area (Å²) in [5, 5.41) is 4.27. The van der Waals surface area contributed by atoms with E-state index in [-0.39, 0.29) is 5.91 Å². The van der Waals surface area contributed by atoms with Crippen molar-refractivity contribution < 1.29 is 9.53 Å². The Kier molecular flexibility index (Phi) is 5.53. The summed E-state index contributed by atoms with van der Waals surface area (Å²) in [6.45, 7) is 4.77. The summed E-state index contributed by atoms with van der Waals surface area (Å²) < 4.78 is 5.69. The predicted molar refractivity (Wildman–Crippen MR) is 115 cm³/mol. The Balaban J connectivity index is 1.55. The van der Waals surface area contributed by atoms with Gasteiger partial charge in [0.15, 0.2) is 5.17 Å². The molecule has 1 N–H and O–H groups in total. The van der Waals surface area contributed by atoms with Crippen molar-refractivity contribution in [1.82, 2.24) is 20.3 Å². The minimum absolute atomic E-state index is 0.167. The molecule has 8 heteroatoms. The third-order valence-electron chi connectivity index (χ3n) is 4.19. The molecule has 4 rings (SSSR count). The second-order valence-electron chi connectivity index (χ2n) is 6.35. The number of carbonyl (C=O) groups is 1. The molecule has 0 spiro atoms. The first-order valence-electron chi connectivity index (χ1n) is 9.17. The number of nitrogens with one attached hydrogen (secondary N) is 1. The number of pyridine rings is 1. The normalized spacial score (nSPS) is 16.6. The topological polar surface area (TPSA) is 89.4 Å². The van der Waals surface area contributed by atoms with Crippen molar-refractivity contribution >= 4 is 39.8 Å². The molecular formula is C21H19N5O2S. The maximum absolute atomic E-state index is 12.3. The molecular weight excluding hydrogens is 386 g/mol. The van der Waals surface area contributed by atoms with Crippen molar-refractivity contribution in [3.63, 3.8) is 0 Å². The van der Waals surface area contributed by atoms with Crippen LogP contribution in [-0.4, -0.2) is 32.6 Å². The summed E-state index contributed by atoms with van der Waals surface area (Å²) in [4.78, 5) is 30.2. The molecule has 0 unspecified atom stereocenters. The number of hydrogen-bond acceptors (Lipinski definition) is 7. The van der Waals surface area contributed by atoms with Crippen LogP contribution in [0.4, 0.5) is 0 Å². The van der Waals surface area contributed by atoms with E-state index in [1.807, 2.05) is 44.2 Å². The zero-order valence-corrected chi connectivity index (χ0v) is 16.9. The molecule has 0 atom stereocenters. The summed E-state index contributed by atoms with van der Waals surface area (Å²) >= 11 is 1.31. The number of aryl methyl sites for hydroxylation is 1. The Hall–Kier alpha value is -3.26. The second kappa shape index (κ2) is 8.40. The summed E-state index contributed by atoms with van der Waals surface area (Å²) in [7, 11) is 0. The van der Waals surface area contributed by atoms with Crippen LogP contribution in [-0.2, 0) is 11.3 Å². The van der Waals surface area contributed by atoms with Crippen molar-refractivity contribution in [3.8, 4) is 5.75 Å². The van der Waals surface area contributed by atoms with Crippen LogP contribution in [0, 0.1) is 6.92 Å². The van der Waals surface area contributed by atoms with Crippen LogP contribution >= 0.6 is 11.8 Å². The highest BCUT2D eigenvalue weighted by molar-refractivity contribution is 8.18. The van der Waals surface area contributed by atoms with Gasteiger partial charge in [-0.1, -0.05) is 6.07 Å². The van der Waals surface area contributed by atoms with Gasteiger partial charge in [-0.2, -0.15) is 0 Å². The molecule has 0 aliphatic carbocycles. The van der Waals surface area contributed by atoms with Gasteiger partial charge in [0, 0.05) is 17.8 Å². The fourth-order valence-electron chi connectivity index (χ4n) is 2.82. The van der Waals surface area contributed by atoms with Crippen LogP contribution in [0.25, 0.3) is 17.0 Å². The number of fused-ring (bicyclic) bond motifs is 1. The number of nitrogens with zero attached hydrogens (tertiary/aromatic N) is 4. The van der Waals surface area contributed by atoms with Gasteiger partial charge >= 0.3 is 0 Å². The number of thioether (sulfide) groups is 1. The Morgan fingerprint density at radius 1 is 1.21 bits per heavy atom. The van der Waals surface area contributed by atoms with Crippen molar-refractivity contribution in [1.29, 1.82) is 0 Å². The first kappa shape index (κ1) is 19.1. The molecule has 146 valence electrons. The summed E-state index contributed by atoms with van der Waals surface area (Å²) in [5.74, 6) is 0.614. The van der Waals surface area contributed by atoms with E-state index in [4.69, 9.17) is 4.74 Å². The van der Waals surface area contributed by atoms with E-state index < -0.39 is 0 Å². The lowest BCUT2D eigenvalue weighted by Gasteiger charge is -2.07. The van der Waals surface area contributed by atoms with Gasteiger partial charge in [0.05, 0.1) is 41.2 Å². The van der Waals surface area contributed by atoms with Crippen molar-refractivity contribution in [2.75, 3.05) is 6.61 Å². The number of rotatable bonds is 5. The largest absolute Gasteiger partial charge is 0.493 e. The van der Waals surface area contributed by atoms with Gasteiger partial charge in [-0.05, 0) is 55.4 Å². The molecule has 1 fully saturated rings. The Morgan fingerprint density at radius 3 is 2.90 bits per heavy atom. The number of ether oxygens (including phenoxy) is 1. The predicted octanol–water partition coefficient (Wildman–Crippen LogP) is 3.49. The van der Waals surface area contributed by atoms with Gasteiger partial charge in [0.2, 0.25) is 0 Å². The van der Waals surface area contributed by atoms with E-state index in [0.29, 0.717) is 23.2 Å². The minimum Gasteiger partial charge on any atom is -0.493 e. The molecule has 0 bridgehead atoms. The van der Waals surface area contributed by atoms with Crippen LogP contribution in [0.3, 0.4) is 0 Å². The number of benzene rings is 1. The molecule has 7 nitrogen and oxygen atoms in total. The molecule has 29 heavy (non-hydrogen) atoms. The van der Waals surface area contributed by atoms with Crippen molar-refractivity contribution in [3.05, 3.63) is 64.7 Å². The molecule has 2 aromatic heterocycles. The lowest BCUT2D eigenvalue weighted by Crippen LogP contribution is -2.19. The van der Waals surface area contributed by atoms with Crippen LogP contribution < -0.4 is 10.1 Å². The first-order chi connectivity index (χ1) is 14.1. The van der Waals surface area contributed by atoms with Crippen molar-refractivity contribution in [2.45, 2.75) is 20.4 Å². The van der Waals surface area contributed by atoms with E-state index in [1.54, 1.807) is 18.6 Å². The molecule has 3 heterocycles. The van der Waals surface area contributed by atoms with E-state index in [9.17, 15) is 4.79 Å². The van der Waals surface area contributed by atoms with Crippen LogP contribution in [0.2, 0.25) is 0 Å². The third kappa shape index (κ3) is 4.43. The molecule has 3 aromatic rings. The molecule has 1 aliphatic rings. The smallest absolute Gasteiger partial charge is 0.264 e. The summed E-state index contributed by atoms with van der Waals surface area (Å²) in [6.07, 6.45) is 6.96. The van der Waals surface area contributed by atoms with E-state index in [1.165, 1.54) is 11.8 Å². The lowest BCUT2D eigenvalue weighted by molar-refractivity contribution is -0.115. The van der Waals surface area contributed by atoms with Crippen molar-refractivity contribution in [2.24, 2.45) is 4.99 Å². The average Bonchev–Trinajstić information content (AvgIpc) is 3.07. The highest BCUT2D eigenvalue weighted by Crippen LogP contribution is 2.29. The van der Waals surface area contributed by atoms with Gasteiger partial charge in [0.1, 0.15) is 5.75 Å². The van der Waals surface area contributed by atoms with Gasteiger partial charge in [-0.15, -0.1) is 0 Å².